The number of nitrogens with zero attached hydrogens (tertiary/aromatic N) is 3. The minimum Gasteiger partial charge on any atom is -0.493 e. The molecule has 2 heterocycles. The van der Waals surface area contributed by atoms with Crippen molar-refractivity contribution >= 4 is 46.1 Å². The van der Waals surface area contributed by atoms with E-state index in [4.69, 9.17) is 31.2 Å². The van der Waals surface area contributed by atoms with Gasteiger partial charge in [-0.25, -0.2) is 0 Å². The van der Waals surface area contributed by atoms with Crippen molar-refractivity contribution in [1.82, 2.24) is 9.47 Å². The number of methoxy groups -OCH3 is 4. The van der Waals surface area contributed by atoms with Crippen LogP contribution < -0.4 is 29.8 Å². The SMILES string of the molecule is CCn1c(NCCc2ccc(OC)c(OC)c2)c(/C=C2/SC(=S)N(CCc3ccc(OC)c(OC)c3)C2=O)c(C)c(C#N)c1=O. The summed E-state index contributed by atoms with van der Waals surface area (Å²) in [5.41, 5.74) is 2.73. The van der Waals surface area contributed by atoms with Crippen molar-refractivity contribution < 1.29 is 23.7 Å². The molecule has 0 atom stereocenters. The molecule has 1 aliphatic heterocycles. The van der Waals surface area contributed by atoms with Crippen LogP contribution in [-0.4, -0.2) is 61.2 Å². The van der Waals surface area contributed by atoms with Crippen LogP contribution in [-0.2, 0) is 24.2 Å². The van der Waals surface area contributed by atoms with Crippen LogP contribution in [0.3, 0.4) is 0 Å². The van der Waals surface area contributed by atoms with E-state index in [9.17, 15) is 14.9 Å². The molecule has 12 heteroatoms. The number of nitriles is 1. The first-order valence-corrected chi connectivity index (χ1v) is 15.5. The summed E-state index contributed by atoms with van der Waals surface area (Å²) >= 11 is 6.80. The number of hydrogen-bond acceptors (Lipinski definition) is 10. The van der Waals surface area contributed by atoms with Gasteiger partial charge in [-0.15, -0.1) is 0 Å². The Balaban J connectivity index is 1.62. The number of nitrogens with one attached hydrogen (secondary N) is 1. The Morgan fingerprint density at radius 3 is 2.04 bits per heavy atom. The molecule has 0 spiro atoms. The molecule has 3 aromatic rings. The van der Waals surface area contributed by atoms with Crippen LogP contribution in [0, 0.1) is 18.3 Å². The number of thioether (sulfide) groups is 1. The van der Waals surface area contributed by atoms with Crippen LogP contribution >= 0.6 is 24.0 Å². The number of aromatic nitrogens is 1. The molecule has 236 valence electrons. The maximum Gasteiger partial charge on any atom is 0.270 e. The highest BCUT2D eigenvalue weighted by Crippen LogP contribution is 2.36. The van der Waals surface area contributed by atoms with Gasteiger partial charge in [-0.1, -0.05) is 36.1 Å². The zero-order valence-corrected chi connectivity index (χ0v) is 27.8. The van der Waals surface area contributed by atoms with E-state index in [0.717, 1.165) is 11.1 Å². The quantitative estimate of drug-likeness (QED) is 0.196. The van der Waals surface area contributed by atoms with Crippen LogP contribution in [0.5, 0.6) is 23.0 Å². The molecule has 1 aliphatic rings. The number of amides is 1. The normalized spacial score (nSPS) is 13.6. The number of hydrogen-bond donors (Lipinski definition) is 1. The van der Waals surface area contributed by atoms with E-state index in [2.05, 4.69) is 11.4 Å². The van der Waals surface area contributed by atoms with Gasteiger partial charge < -0.3 is 24.3 Å². The monoisotopic (exact) mass is 648 g/mol. The predicted molar refractivity (Wildman–Crippen MR) is 181 cm³/mol. The van der Waals surface area contributed by atoms with Gasteiger partial charge in [0.05, 0.1) is 33.3 Å². The van der Waals surface area contributed by atoms with Gasteiger partial charge in [0.1, 0.15) is 21.8 Å². The van der Waals surface area contributed by atoms with E-state index < -0.39 is 0 Å². The van der Waals surface area contributed by atoms with Crippen molar-refractivity contribution in [3.05, 3.63) is 79.5 Å². The molecule has 0 aliphatic carbocycles. The van der Waals surface area contributed by atoms with Gasteiger partial charge in [0.2, 0.25) is 0 Å². The third-order valence-corrected chi connectivity index (χ3v) is 8.94. The maximum absolute atomic E-state index is 13.6. The highest BCUT2D eigenvalue weighted by atomic mass is 32.2. The zero-order chi connectivity index (χ0) is 32.7. The average molecular weight is 649 g/mol. The average Bonchev–Trinajstić information content (AvgIpc) is 3.32. The largest absolute Gasteiger partial charge is 0.493 e. The van der Waals surface area contributed by atoms with Gasteiger partial charge >= 0.3 is 0 Å². The molecule has 0 unspecified atom stereocenters. The van der Waals surface area contributed by atoms with E-state index in [1.54, 1.807) is 46.3 Å². The van der Waals surface area contributed by atoms with Crippen LogP contribution in [0.25, 0.3) is 6.08 Å². The molecule has 1 N–H and O–H groups in total. The summed E-state index contributed by atoms with van der Waals surface area (Å²) < 4.78 is 23.5. The second-order valence-electron chi connectivity index (χ2n) is 10.1. The fourth-order valence-corrected chi connectivity index (χ4v) is 6.41. The lowest BCUT2D eigenvalue weighted by Gasteiger charge is -2.19. The molecule has 45 heavy (non-hydrogen) atoms. The third-order valence-electron chi connectivity index (χ3n) is 7.57. The summed E-state index contributed by atoms with van der Waals surface area (Å²) in [4.78, 5) is 28.9. The Hall–Kier alpha value is -4.47. The lowest BCUT2D eigenvalue weighted by atomic mass is 10.0. The summed E-state index contributed by atoms with van der Waals surface area (Å²) in [6, 6.07) is 13.4. The Morgan fingerprint density at radius 1 is 0.933 bits per heavy atom. The molecule has 0 radical (unpaired) electrons. The maximum atomic E-state index is 13.6. The highest BCUT2D eigenvalue weighted by Gasteiger charge is 2.32. The molecule has 0 saturated carbocycles. The van der Waals surface area contributed by atoms with E-state index in [1.165, 1.54) is 16.3 Å². The lowest BCUT2D eigenvalue weighted by Crippen LogP contribution is -2.30. The van der Waals surface area contributed by atoms with Crippen molar-refractivity contribution in [3.63, 3.8) is 0 Å². The number of anilines is 1. The molecule has 1 fully saturated rings. The number of carbonyl (C=O) groups excluding carboxylic acids is 1. The standard InChI is InChI=1S/C33H36N4O6S2/c1-7-36-30(35-14-12-21-8-10-25(40-3)27(16-21)42-5)23(20(2)24(19-34)31(36)38)18-29-32(39)37(33(44)45-29)15-13-22-9-11-26(41-4)28(17-22)43-6/h8-11,16-18,35H,7,12-15H2,1-6H3/b29-18+. The third kappa shape index (κ3) is 7.10. The molecule has 1 aromatic heterocycles. The summed E-state index contributed by atoms with van der Waals surface area (Å²) in [5.74, 6) is 2.82. The molecule has 1 saturated heterocycles. The molecule has 4 rings (SSSR count). The van der Waals surface area contributed by atoms with Gasteiger partial charge in [-0.05, 0) is 73.7 Å². The predicted octanol–water partition coefficient (Wildman–Crippen LogP) is 5.18. The first-order valence-electron chi connectivity index (χ1n) is 14.3. The van der Waals surface area contributed by atoms with Crippen LogP contribution in [0.4, 0.5) is 5.82 Å². The van der Waals surface area contributed by atoms with Crippen molar-refractivity contribution in [1.29, 1.82) is 5.26 Å². The minimum atomic E-state index is -0.384. The van der Waals surface area contributed by atoms with E-state index >= 15 is 0 Å². The summed E-state index contributed by atoms with van der Waals surface area (Å²) in [6.07, 6.45) is 2.91. The Labute approximate surface area is 272 Å². The molecule has 10 nitrogen and oxygen atoms in total. The van der Waals surface area contributed by atoms with Gasteiger partial charge in [-0.3, -0.25) is 19.1 Å². The highest BCUT2D eigenvalue weighted by molar-refractivity contribution is 8.26. The lowest BCUT2D eigenvalue weighted by molar-refractivity contribution is -0.122. The number of pyridine rings is 1. The van der Waals surface area contributed by atoms with Crippen molar-refractivity contribution in [2.75, 3.05) is 46.8 Å². The van der Waals surface area contributed by atoms with E-state index in [-0.39, 0.29) is 17.0 Å². The topological polar surface area (TPSA) is 115 Å². The Bertz CT molecular complexity index is 1740. The van der Waals surface area contributed by atoms with Crippen LogP contribution in [0.15, 0.2) is 46.1 Å². The summed E-state index contributed by atoms with van der Waals surface area (Å²) in [5, 5.41) is 13.3. The Morgan fingerprint density at radius 2 is 1.51 bits per heavy atom. The van der Waals surface area contributed by atoms with Gasteiger partial charge in [0, 0.05) is 25.2 Å². The van der Waals surface area contributed by atoms with Gasteiger partial charge in [-0.2, -0.15) is 5.26 Å². The minimum absolute atomic E-state index is 0.0393. The first kappa shape index (κ1) is 33.4. The van der Waals surface area contributed by atoms with Crippen molar-refractivity contribution in [3.8, 4) is 29.1 Å². The summed E-state index contributed by atoms with van der Waals surface area (Å²) in [7, 11) is 6.33. The molecule has 1 amide bonds. The number of benzene rings is 2. The first-order chi connectivity index (χ1) is 21.7. The molecular weight excluding hydrogens is 613 g/mol. The number of thiocarbonyl (C=S) groups is 1. The number of ether oxygens (including phenoxy) is 4. The molecular formula is C33H36N4O6S2. The fraction of sp³-hybridized carbons (Fsp3) is 0.333. The fourth-order valence-electron chi connectivity index (χ4n) is 5.12. The second-order valence-corrected chi connectivity index (χ2v) is 11.7. The van der Waals surface area contributed by atoms with Crippen LogP contribution in [0.2, 0.25) is 0 Å². The number of carbonyl (C=O) groups is 1. The molecule has 2 aromatic carbocycles. The zero-order valence-electron chi connectivity index (χ0n) is 26.2. The number of rotatable bonds is 13. The Kier molecular flexibility index (Phi) is 11.1. The van der Waals surface area contributed by atoms with Gasteiger partial charge in [0.15, 0.2) is 23.0 Å². The second kappa shape index (κ2) is 15.0. The van der Waals surface area contributed by atoms with E-state index in [1.807, 2.05) is 43.3 Å². The smallest absolute Gasteiger partial charge is 0.270 e. The molecule has 0 bridgehead atoms. The van der Waals surface area contributed by atoms with Crippen molar-refractivity contribution in [2.45, 2.75) is 33.2 Å². The van der Waals surface area contributed by atoms with Gasteiger partial charge in [0.25, 0.3) is 11.5 Å². The summed E-state index contributed by atoms with van der Waals surface area (Å²) in [6.45, 7) is 4.76. The van der Waals surface area contributed by atoms with Crippen LogP contribution in [0.1, 0.15) is 34.7 Å². The van der Waals surface area contributed by atoms with E-state index in [0.29, 0.717) is 81.6 Å². The van der Waals surface area contributed by atoms with Crippen molar-refractivity contribution in [2.24, 2.45) is 0 Å².